The molecule has 2 saturated heterocycles. The standard InChI is InChI=1S/C28H28F2N4O4/c1-15-23-22(26(36)38-24(15)19-11-18(35)10-16-6-4-7-20(30)21(16)19)25(33(2)3)32-27(31-23)37-14-28-8-5-9-34(28)13-17(29)12-28/h4,6-7,10-11,17,35H,5,8-9,12-14H2,1-3H3/t17-,28+/m1/s1. The van der Waals surface area contributed by atoms with Gasteiger partial charge in [-0.2, -0.15) is 9.97 Å². The molecule has 0 saturated carbocycles. The minimum Gasteiger partial charge on any atom is -0.508 e. The molecule has 0 unspecified atom stereocenters. The Kier molecular flexibility index (Phi) is 5.75. The van der Waals surface area contributed by atoms with Crippen molar-refractivity contribution in [3.05, 3.63) is 52.1 Å². The minimum atomic E-state index is -0.888. The van der Waals surface area contributed by atoms with Gasteiger partial charge in [0.05, 0.1) is 11.1 Å². The van der Waals surface area contributed by atoms with Crippen LogP contribution in [0.5, 0.6) is 11.8 Å². The van der Waals surface area contributed by atoms with E-state index in [4.69, 9.17) is 9.15 Å². The van der Waals surface area contributed by atoms with Crippen molar-refractivity contribution in [3.8, 4) is 23.1 Å². The van der Waals surface area contributed by atoms with E-state index in [9.17, 15) is 18.7 Å². The van der Waals surface area contributed by atoms with Gasteiger partial charge in [-0.05, 0) is 49.9 Å². The molecule has 198 valence electrons. The maximum atomic E-state index is 14.9. The molecule has 38 heavy (non-hydrogen) atoms. The summed E-state index contributed by atoms with van der Waals surface area (Å²) < 4.78 is 41.0. The number of phenolic OH excluding ortho intramolecular Hbond substituents is 1. The number of aryl methyl sites for hydroxylation is 1. The first-order valence-corrected chi connectivity index (χ1v) is 12.6. The van der Waals surface area contributed by atoms with Crippen molar-refractivity contribution in [3.63, 3.8) is 0 Å². The van der Waals surface area contributed by atoms with Gasteiger partial charge in [0.2, 0.25) is 0 Å². The predicted octanol–water partition coefficient (Wildman–Crippen LogP) is 4.58. The fourth-order valence-electron chi connectivity index (χ4n) is 6.05. The monoisotopic (exact) mass is 522 g/mol. The fraction of sp³-hybridized carbons (Fsp3) is 0.393. The van der Waals surface area contributed by atoms with Gasteiger partial charge in [-0.25, -0.2) is 13.6 Å². The van der Waals surface area contributed by atoms with E-state index < -0.39 is 17.6 Å². The maximum absolute atomic E-state index is 14.9. The number of ether oxygens (including phenoxy) is 1. The largest absolute Gasteiger partial charge is 0.508 e. The average Bonchev–Trinajstić information content (AvgIpc) is 3.39. The summed E-state index contributed by atoms with van der Waals surface area (Å²) >= 11 is 0. The number of aromatic hydroxyl groups is 1. The molecule has 0 amide bonds. The Bertz CT molecular complexity index is 1640. The van der Waals surface area contributed by atoms with E-state index in [0.717, 1.165) is 19.4 Å². The first kappa shape index (κ1) is 24.5. The van der Waals surface area contributed by atoms with Gasteiger partial charge in [0.1, 0.15) is 35.5 Å². The van der Waals surface area contributed by atoms with Crippen LogP contribution in [0.15, 0.2) is 39.5 Å². The molecule has 8 nitrogen and oxygen atoms in total. The molecular formula is C28H28F2N4O4. The highest BCUT2D eigenvalue weighted by molar-refractivity contribution is 6.00. The van der Waals surface area contributed by atoms with E-state index in [-0.39, 0.29) is 46.0 Å². The second-order valence-electron chi connectivity index (χ2n) is 10.5. The van der Waals surface area contributed by atoms with Gasteiger partial charge < -0.3 is 19.2 Å². The molecule has 10 heteroatoms. The molecule has 2 atom stereocenters. The van der Waals surface area contributed by atoms with Crippen molar-refractivity contribution in [1.82, 2.24) is 14.9 Å². The number of alkyl halides is 1. The SMILES string of the molecule is Cc1c(-c2cc(O)cc3cccc(F)c23)oc(=O)c2c(N(C)C)nc(OC[C@@]34CCCN3C[C@H](F)C4)nc12. The quantitative estimate of drug-likeness (QED) is 0.407. The Balaban J connectivity index is 1.51. The van der Waals surface area contributed by atoms with Crippen molar-refractivity contribution < 1.29 is 23.0 Å². The Morgan fingerprint density at radius 1 is 1.26 bits per heavy atom. The van der Waals surface area contributed by atoms with Crippen LogP contribution >= 0.6 is 0 Å². The lowest BCUT2D eigenvalue weighted by Crippen LogP contribution is -2.43. The number of hydrogen-bond donors (Lipinski definition) is 1. The van der Waals surface area contributed by atoms with Gasteiger partial charge in [0.25, 0.3) is 0 Å². The number of anilines is 1. The second-order valence-corrected chi connectivity index (χ2v) is 10.5. The van der Waals surface area contributed by atoms with Crippen molar-refractivity contribution >= 4 is 27.5 Å². The Morgan fingerprint density at radius 3 is 2.87 bits per heavy atom. The number of aromatic nitrogens is 2. The molecule has 4 aromatic rings. The first-order chi connectivity index (χ1) is 18.2. The molecule has 2 aromatic heterocycles. The van der Waals surface area contributed by atoms with Crippen LogP contribution in [0.1, 0.15) is 24.8 Å². The highest BCUT2D eigenvalue weighted by atomic mass is 19.1. The lowest BCUT2D eigenvalue weighted by Gasteiger charge is -2.30. The minimum absolute atomic E-state index is 0.0660. The normalized spacial score (nSPS) is 21.3. The van der Waals surface area contributed by atoms with Crippen LogP contribution in [0.2, 0.25) is 0 Å². The van der Waals surface area contributed by atoms with E-state index in [1.54, 1.807) is 38.1 Å². The lowest BCUT2D eigenvalue weighted by atomic mass is 9.95. The van der Waals surface area contributed by atoms with Gasteiger partial charge in [0, 0.05) is 43.6 Å². The summed E-state index contributed by atoms with van der Waals surface area (Å²) in [6.45, 7) is 3.20. The van der Waals surface area contributed by atoms with Gasteiger partial charge in [0.15, 0.2) is 5.82 Å². The maximum Gasteiger partial charge on any atom is 0.349 e. The molecule has 0 aliphatic carbocycles. The molecule has 1 N–H and O–H groups in total. The highest BCUT2D eigenvalue weighted by Crippen LogP contribution is 2.41. The molecule has 2 aliphatic heterocycles. The van der Waals surface area contributed by atoms with Crippen molar-refractivity contribution in [2.45, 2.75) is 37.9 Å². The van der Waals surface area contributed by atoms with Gasteiger partial charge in [-0.1, -0.05) is 12.1 Å². The average molecular weight is 523 g/mol. The number of rotatable bonds is 5. The second kappa shape index (κ2) is 8.90. The lowest BCUT2D eigenvalue weighted by molar-refractivity contribution is 0.107. The van der Waals surface area contributed by atoms with Crippen LogP contribution in [0.4, 0.5) is 14.6 Å². The number of benzene rings is 2. The molecular weight excluding hydrogens is 494 g/mol. The Labute approximate surface area is 217 Å². The van der Waals surface area contributed by atoms with Crippen LogP contribution in [-0.2, 0) is 0 Å². The number of phenols is 1. The summed E-state index contributed by atoms with van der Waals surface area (Å²) in [6.07, 6.45) is 1.34. The van der Waals surface area contributed by atoms with Crippen LogP contribution in [0.3, 0.4) is 0 Å². The van der Waals surface area contributed by atoms with Crippen LogP contribution in [-0.4, -0.2) is 65.5 Å². The summed E-state index contributed by atoms with van der Waals surface area (Å²) in [4.78, 5) is 26.2. The van der Waals surface area contributed by atoms with Crippen LogP contribution < -0.4 is 15.3 Å². The van der Waals surface area contributed by atoms with Crippen LogP contribution in [0.25, 0.3) is 33.0 Å². The Morgan fingerprint density at radius 2 is 2.08 bits per heavy atom. The molecule has 2 aromatic carbocycles. The molecule has 4 heterocycles. The van der Waals surface area contributed by atoms with E-state index in [2.05, 4.69) is 14.9 Å². The number of halogens is 2. The smallest absolute Gasteiger partial charge is 0.349 e. The summed E-state index contributed by atoms with van der Waals surface area (Å²) in [6, 6.07) is 7.42. The van der Waals surface area contributed by atoms with Crippen molar-refractivity contribution in [2.75, 3.05) is 38.7 Å². The Hall–Kier alpha value is -3.79. The van der Waals surface area contributed by atoms with Crippen molar-refractivity contribution in [1.29, 1.82) is 0 Å². The zero-order valence-corrected chi connectivity index (χ0v) is 21.4. The topological polar surface area (TPSA) is 91.9 Å². The molecule has 0 radical (unpaired) electrons. The molecule has 2 aliphatic rings. The summed E-state index contributed by atoms with van der Waals surface area (Å²) in [5.74, 6) is -0.192. The third kappa shape index (κ3) is 3.86. The molecule has 2 fully saturated rings. The van der Waals surface area contributed by atoms with E-state index in [1.807, 2.05) is 0 Å². The predicted molar refractivity (Wildman–Crippen MR) is 140 cm³/mol. The van der Waals surface area contributed by atoms with E-state index >= 15 is 0 Å². The number of hydrogen-bond acceptors (Lipinski definition) is 8. The zero-order valence-electron chi connectivity index (χ0n) is 21.4. The van der Waals surface area contributed by atoms with E-state index in [0.29, 0.717) is 35.2 Å². The van der Waals surface area contributed by atoms with E-state index in [1.165, 1.54) is 18.2 Å². The molecule has 0 bridgehead atoms. The number of nitrogens with zero attached hydrogens (tertiary/aromatic N) is 4. The summed E-state index contributed by atoms with van der Waals surface area (Å²) in [5.41, 5.74) is -0.0733. The first-order valence-electron chi connectivity index (χ1n) is 12.6. The van der Waals surface area contributed by atoms with Gasteiger partial charge in [-0.15, -0.1) is 0 Å². The zero-order chi connectivity index (χ0) is 26.8. The molecule has 0 spiro atoms. The van der Waals surface area contributed by atoms with Gasteiger partial charge in [-0.3, -0.25) is 4.90 Å². The highest BCUT2D eigenvalue weighted by Gasteiger charge is 2.49. The third-order valence-electron chi connectivity index (χ3n) is 7.77. The molecule has 6 rings (SSSR count). The number of fused-ring (bicyclic) bond motifs is 3. The fourth-order valence-corrected chi connectivity index (χ4v) is 6.05. The summed E-state index contributed by atoms with van der Waals surface area (Å²) in [5, 5.41) is 11.2. The van der Waals surface area contributed by atoms with Gasteiger partial charge >= 0.3 is 11.6 Å². The third-order valence-corrected chi connectivity index (χ3v) is 7.77. The van der Waals surface area contributed by atoms with Crippen LogP contribution in [0, 0.1) is 12.7 Å². The summed E-state index contributed by atoms with van der Waals surface area (Å²) in [7, 11) is 3.49. The van der Waals surface area contributed by atoms with Crippen molar-refractivity contribution in [2.24, 2.45) is 0 Å².